The van der Waals surface area contributed by atoms with Gasteiger partial charge >= 0.3 is 5.97 Å². The summed E-state index contributed by atoms with van der Waals surface area (Å²) >= 11 is 3.38. The van der Waals surface area contributed by atoms with E-state index in [1.807, 2.05) is 12.3 Å². The van der Waals surface area contributed by atoms with Crippen LogP contribution in [0.4, 0.5) is 0 Å². The molecule has 0 N–H and O–H groups in total. The van der Waals surface area contributed by atoms with E-state index in [4.69, 9.17) is 0 Å². The lowest BCUT2D eigenvalue weighted by Gasteiger charge is -2.20. The fourth-order valence-corrected chi connectivity index (χ4v) is 1.99. The van der Waals surface area contributed by atoms with E-state index in [9.17, 15) is 4.79 Å². The van der Waals surface area contributed by atoms with Gasteiger partial charge in [0, 0.05) is 23.4 Å². The van der Waals surface area contributed by atoms with Crippen molar-refractivity contribution in [3.05, 3.63) is 28.5 Å². The first-order valence-corrected chi connectivity index (χ1v) is 6.33. The molecule has 1 aromatic heterocycles. The van der Waals surface area contributed by atoms with Crippen LogP contribution in [0.15, 0.2) is 22.9 Å². The molecule has 0 atom stereocenters. The lowest BCUT2D eigenvalue weighted by molar-refractivity contribution is -0.142. The van der Waals surface area contributed by atoms with Gasteiger partial charge in [-0.05, 0) is 40.5 Å². The number of rotatable bonds is 6. The van der Waals surface area contributed by atoms with Gasteiger partial charge in [0.2, 0.25) is 0 Å². The second kappa shape index (κ2) is 7.40. The van der Waals surface area contributed by atoms with Crippen molar-refractivity contribution >= 4 is 21.9 Å². The maximum atomic E-state index is 11.3. The van der Waals surface area contributed by atoms with Crippen molar-refractivity contribution in [1.82, 2.24) is 9.88 Å². The highest BCUT2D eigenvalue weighted by atomic mass is 79.9. The predicted molar refractivity (Wildman–Crippen MR) is 69.5 cm³/mol. The van der Waals surface area contributed by atoms with E-state index < -0.39 is 0 Å². The SMILES string of the molecule is CCCN(CC(=O)OC)Cc1cncc(Br)c1. The van der Waals surface area contributed by atoms with Crippen molar-refractivity contribution in [1.29, 1.82) is 0 Å². The highest BCUT2D eigenvalue weighted by molar-refractivity contribution is 9.10. The number of methoxy groups -OCH3 is 1. The molecule has 0 unspecified atom stereocenters. The summed E-state index contributed by atoms with van der Waals surface area (Å²) in [5.41, 5.74) is 1.08. The Morgan fingerprint density at radius 3 is 2.88 bits per heavy atom. The summed E-state index contributed by atoms with van der Waals surface area (Å²) in [5, 5.41) is 0. The number of hydrogen-bond donors (Lipinski definition) is 0. The van der Waals surface area contributed by atoms with Crippen molar-refractivity contribution < 1.29 is 9.53 Å². The molecule has 4 nitrogen and oxygen atoms in total. The number of carbonyl (C=O) groups excluding carboxylic acids is 1. The topological polar surface area (TPSA) is 42.4 Å². The summed E-state index contributed by atoms with van der Waals surface area (Å²) in [5.74, 6) is -0.207. The summed E-state index contributed by atoms with van der Waals surface area (Å²) < 4.78 is 5.63. The summed E-state index contributed by atoms with van der Waals surface area (Å²) in [6.45, 7) is 3.97. The van der Waals surface area contributed by atoms with Crippen molar-refractivity contribution in [3.8, 4) is 0 Å². The van der Waals surface area contributed by atoms with Gasteiger partial charge in [0.25, 0.3) is 0 Å². The molecule has 0 aromatic carbocycles. The van der Waals surface area contributed by atoms with Crippen LogP contribution in [-0.2, 0) is 16.1 Å². The van der Waals surface area contributed by atoms with E-state index in [1.54, 1.807) is 6.20 Å². The maximum Gasteiger partial charge on any atom is 0.319 e. The molecule has 0 spiro atoms. The lowest BCUT2D eigenvalue weighted by Crippen LogP contribution is -2.30. The Labute approximate surface area is 110 Å². The highest BCUT2D eigenvalue weighted by Gasteiger charge is 2.10. The summed E-state index contributed by atoms with van der Waals surface area (Å²) in [6, 6.07) is 2.01. The standard InChI is InChI=1S/C12H17BrN2O2/c1-3-4-15(9-12(16)17-2)8-10-5-11(13)7-14-6-10/h5-7H,3-4,8-9H2,1-2H3. The van der Waals surface area contributed by atoms with Gasteiger partial charge in [0.15, 0.2) is 0 Å². The number of halogens is 1. The number of nitrogens with zero attached hydrogens (tertiary/aromatic N) is 2. The van der Waals surface area contributed by atoms with Gasteiger partial charge in [-0.3, -0.25) is 14.7 Å². The van der Waals surface area contributed by atoms with Crippen molar-refractivity contribution in [2.24, 2.45) is 0 Å². The Kier molecular flexibility index (Phi) is 6.15. The second-order valence-electron chi connectivity index (χ2n) is 3.80. The molecule has 0 radical (unpaired) electrons. The van der Waals surface area contributed by atoms with Crippen LogP contribution in [0.2, 0.25) is 0 Å². The molecule has 0 aliphatic carbocycles. The van der Waals surface area contributed by atoms with Gasteiger partial charge in [0.05, 0.1) is 13.7 Å². The number of carbonyl (C=O) groups is 1. The Morgan fingerprint density at radius 2 is 2.29 bits per heavy atom. The third kappa shape index (κ3) is 5.28. The number of esters is 1. The molecule has 0 aliphatic rings. The fraction of sp³-hybridized carbons (Fsp3) is 0.500. The van der Waals surface area contributed by atoms with Gasteiger partial charge in [0.1, 0.15) is 0 Å². The number of hydrogen-bond acceptors (Lipinski definition) is 4. The number of pyridine rings is 1. The van der Waals surface area contributed by atoms with Crippen LogP contribution in [0.25, 0.3) is 0 Å². The smallest absolute Gasteiger partial charge is 0.319 e. The van der Waals surface area contributed by atoms with Crippen molar-refractivity contribution in [3.63, 3.8) is 0 Å². The van der Waals surface area contributed by atoms with Gasteiger partial charge in [-0.1, -0.05) is 6.92 Å². The average molecular weight is 301 g/mol. The Balaban J connectivity index is 2.62. The van der Waals surface area contributed by atoms with E-state index in [0.717, 1.165) is 23.0 Å². The number of aromatic nitrogens is 1. The van der Waals surface area contributed by atoms with E-state index in [2.05, 4.69) is 37.5 Å². The zero-order valence-electron chi connectivity index (χ0n) is 10.1. The second-order valence-corrected chi connectivity index (χ2v) is 4.71. The van der Waals surface area contributed by atoms with Crippen LogP contribution in [0, 0.1) is 0 Å². The minimum atomic E-state index is -0.207. The molecule has 0 saturated heterocycles. The molecular formula is C12H17BrN2O2. The first-order chi connectivity index (χ1) is 8.15. The Hall–Kier alpha value is -0.940. The van der Waals surface area contributed by atoms with Crippen molar-refractivity contribution in [2.45, 2.75) is 19.9 Å². The molecule has 0 fully saturated rings. The monoisotopic (exact) mass is 300 g/mol. The maximum absolute atomic E-state index is 11.3. The molecular weight excluding hydrogens is 284 g/mol. The zero-order chi connectivity index (χ0) is 12.7. The van der Waals surface area contributed by atoms with E-state index >= 15 is 0 Å². The summed E-state index contributed by atoms with van der Waals surface area (Å²) in [7, 11) is 1.41. The highest BCUT2D eigenvalue weighted by Crippen LogP contribution is 2.11. The van der Waals surface area contributed by atoms with Crippen LogP contribution < -0.4 is 0 Å². The first kappa shape index (κ1) is 14.1. The molecule has 1 aromatic rings. The zero-order valence-corrected chi connectivity index (χ0v) is 11.7. The largest absolute Gasteiger partial charge is 0.468 e. The van der Waals surface area contributed by atoms with E-state index in [-0.39, 0.29) is 5.97 Å². The van der Waals surface area contributed by atoms with Crippen LogP contribution in [0.1, 0.15) is 18.9 Å². The van der Waals surface area contributed by atoms with Gasteiger partial charge < -0.3 is 4.74 Å². The van der Waals surface area contributed by atoms with Gasteiger partial charge in [-0.15, -0.1) is 0 Å². The number of ether oxygens (including phenoxy) is 1. The first-order valence-electron chi connectivity index (χ1n) is 5.54. The van der Waals surface area contributed by atoms with E-state index in [1.165, 1.54) is 7.11 Å². The fourth-order valence-electron chi connectivity index (χ4n) is 1.58. The van der Waals surface area contributed by atoms with E-state index in [0.29, 0.717) is 13.1 Å². The minimum Gasteiger partial charge on any atom is -0.468 e. The van der Waals surface area contributed by atoms with Crippen LogP contribution in [-0.4, -0.2) is 36.1 Å². The molecule has 0 saturated carbocycles. The third-order valence-corrected chi connectivity index (χ3v) is 2.72. The predicted octanol–water partition coefficient (Wildman–Crippen LogP) is 2.23. The van der Waals surface area contributed by atoms with Crippen molar-refractivity contribution in [2.75, 3.05) is 20.2 Å². The van der Waals surface area contributed by atoms with Crippen LogP contribution in [0.5, 0.6) is 0 Å². The molecule has 1 heterocycles. The third-order valence-electron chi connectivity index (χ3n) is 2.29. The summed E-state index contributed by atoms with van der Waals surface area (Å²) in [4.78, 5) is 17.4. The lowest BCUT2D eigenvalue weighted by atomic mass is 10.2. The Bertz CT molecular complexity index is 371. The molecule has 0 bridgehead atoms. The van der Waals surface area contributed by atoms with Crippen LogP contribution >= 0.6 is 15.9 Å². The van der Waals surface area contributed by atoms with Gasteiger partial charge in [-0.2, -0.15) is 0 Å². The molecule has 0 amide bonds. The molecule has 17 heavy (non-hydrogen) atoms. The average Bonchev–Trinajstić information content (AvgIpc) is 2.29. The molecule has 5 heteroatoms. The molecule has 94 valence electrons. The quantitative estimate of drug-likeness (QED) is 0.756. The minimum absolute atomic E-state index is 0.207. The molecule has 1 rings (SSSR count). The normalized spacial score (nSPS) is 10.6. The van der Waals surface area contributed by atoms with Crippen LogP contribution in [0.3, 0.4) is 0 Å². The van der Waals surface area contributed by atoms with Gasteiger partial charge in [-0.25, -0.2) is 0 Å². The Morgan fingerprint density at radius 1 is 1.53 bits per heavy atom. The summed E-state index contributed by atoms with van der Waals surface area (Å²) in [6.07, 6.45) is 4.55. The molecule has 0 aliphatic heterocycles.